The van der Waals surface area contributed by atoms with Crippen molar-refractivity contribution in [2.75, 3.05) is 6.61 Å². The number of rotatable bonds is 7. The summed E-state index contributed by atoms with van der Waals surface area (Å²) in [6.45, 7) is 6.52. The van der Waals surface area contributed by atoms with Gasteiger partial charge in [0.25, 0.3) is 5.79 Å². The van der Waals surface area contributed by atoms with E-state index >= 15 is 0 Å². The van der Waals surface area contributed by atoms with Gasteiger partial charge in [-0.1, -0.05) is 44.0 Å². The molecule has 2 rings (SSSR count). The summed E-state index contributed by atoms with van der Waals surface area (Å²) in [5.74, 6) is -2.55. The lowest BCUT2D eigenvalue weighted by molar-refractivity contribution is -0.222. The van der Waals surface area contributed by atoms with Gasteiger partial charge in [0.1, 0.15) is 5.57 Å². The lowest BCUT2D eigenvalue weighted by Gasteiger charge is -2.29. The van der Waals surface area contributed by atoms with Crippen LogP contribution in [0.4, 0.5) is 0 Å². The third-order valence-electron chi connectivity index (χ3n) is 3.57. The van der Waals surface area contributed by atoms with Crippen molar-refractivity contribution in [2.45, 2.75) is 52.4 Å². The summed E-state index contributed by atoms with van der Waals surface area (Å²) in [4.78, 5) is 23.8. The van der Waals surface area contributed by atoms with Crippen LogP contribution >= 0.6 is 0 Å². The minimum absolute atomic E-state index is 0.0992. The molecule has 1 aliphatic heterocycles. The van der Waals surface area contributed by atoms with Crippen molar-refractivity contribution in [3.8, 4) is 0 Å². The van der Waals surface area contributed by atoms with E-state index in [-0.39, 0.29) is 5.57 Å². The molecule has 5 nitrogen and oxygen atoms in total. The van der Waals surface area contributed by atoms with Crippen molar-refractivity contribution in [2.24, 2.45) is 0 Å². The van der Waals surface area contributed by atoms with Crippen LogP contribution < -0.4 is 0 Å². The van der Waals surface area contributed by atoms with E-state index in [4.69, 9.17) is 14.2 Å². The highest BCUT2D eigenvalue weighted by atomic mass is 16.7. The highest BCUT2D eigenvalue weighted by Gasteiger charge is 2.38. The zero-order valence-electron chi connectivity index (χ0n) is 14.5. The van der Waals surface area contributed by atoms with Gasteiger partial charge in [0.2, 0.25) is 0 Å². The van der Waals surface area contributed by atoms with Crippen molar-refractivity contribution in [3.05, 3.63) is 41.0 Å². The summed E-state index contributed by atoms with van der Waals surface area (Å²) in [6.07, 6.45) is 4.90. The number of carbonyl (C=O) groups is 2. The summed E-state index contributed by atoms with van der Waals surface area (Å²) < 4.78 is 15.7. The monoisotopic (exact) mass is 332 g/mol. The van der Waals surface area contributed by atoms with Gasteiger partial charge in [0, 0.05) is 20.5 Å². The molecular formula is C19H24O5. The molecule has 1 saturated heterocycles. The van der Waals surface area contributed by atoms with Crippen LogP contribution in [0.3, 0.4) is 0 Å². The molecule has 5 heteroatoms. The fourth-order valence-electron chi connectivity index (χ4n) is 2.30. The molecule has 1 aliphatic rings. The van der Waals surface area contributed by atoms with Gasteiger partial charge in [-0.3, -0.25) is 0 Å². The maximum atomic E-state index is 11.9. The second kappa shape index (κ2) is 8.11. The standard InChI is InChI=1S/C19H24O5/c1-4-5-6-11-22-13-15-9-7-14(8-10-15)12-16-17(20)23-19(2,3)24-18(16)21/h7-10,12H,4-6,11,13H2,1-3H3. The summed E-state index contributed by atoms with van der Waals surface area (Å²) in [5, 5.41) is 0. The molecule has 1 aromatic carbocycles. The third-order valence-corrected chi connectivity index (χ3v) is 3.57. The third kappa shape index (κ3) is 5.20. The number of carbonyl (C=O) groups excluding carboxylic acids is 2. The molecule has 0 aliphatic carbocycles. The molecule has 0 radical (unpaired) electrons. The maximum absolute atomic E-state index is 11.9. The Morgan fingerprint density at radius 2 is 1.67 bits per heavy atom. The first-order valence-electron chi connectivity index (χ1n) is 8.26. The van der Waals surface area contributed by atoms with Crippen LogP contribution in [0, 0.1) is 0 Å². The van der Waals surface area contributed by atoms with Crippen LogP contribution in [0.15, 0.2) is 29.8 Å². The van der Waals surface area contributed by atoms with Gasteiger partial charge in [-0.15, -0.1) is 0 Å². The predicted octanol–water partition coefficient (Wildman–Crippen LogP) is 3.61. The van der Waals surface area contributed by atoms with Crippen LogP contribution in [-0.4, -0.2) is 24.3 Å². The number of hydrogen-bond donors (Lipinski definition) is 0. The van der Waals surface area contributed by atoms with Gasteiger partial charge in [0.15, 0.2) is 0 Å². The normalized spacial score (nSPS) is 16.5. The molecule has 0 bridgehead atoms. The number of cyclic esters (lactones) is 2. The molecule has 0 spiro atoms. The fraction of sp³-hybridized carbons (Fsp3) is 0.474. The first-order valence-corrected chi connectivity index (χ1v) is 8.26. The van der Waals surface area contributed by atoms with E-state index in [1.54, 1.807) is 0 Å². The predicted molar refractivity (Wildman–Crippen MR) is 89.9 cm³/mol. The Morgan fingerprint density at radius 3 is 2.25 bits per heavy atom. The van der Waals surface area contributed by atoms with Crippen LogP contribution in [-0.2, 0) is 30.4 Å². The van der Waals surface area contributed by atoms with E-state index in [1.165, 1.54) is 32.8 Å². The lowest BCUT2D eigenvalue weighted by atomic mass is 10.1. The van der Waals surface area contributed by atoms with Crippen LogP contribution in [0.2, 0.25) is 0 Å². The van der Waals surface area contributed by atoms with Crippen molar-refractivity contribution in [1.82, 2.24) is 0 Å². The highest BCUT2D eigenvalue weighted by Crippen LogP contribution is 2.24. The van der Waals surface area contributed by atoms with Gasteiger partial charge >= 0.3 is 11.9 Å². The number of ether oxygens (including phenoxy) is 3. The average molecular weight is 332 g/mol. The Bertz CT molecular complexity index is 591. The van der Waals surface area contributed by atoms with E-state index in [0.717, 1.165) is 24.2 Å². The minimum atomic E-state index is -1.22. The average Bonchev–Trinajstić information content (AvgIpc) is 2.51. The van der Waals surface area contributed by atoms with Crippen molar-refractivity contribution >= 4 is 18.0 Å². The topological polar surface area (TPSA) is 61.8 Å². The summed E-state index contributed by atoms with van der Waals surface area (Å²) in [5.41, 5.74) is 1.68. The molecule has 0 saturated carbocycles. The quantitative estimate of drug-likeness (QED) is 0.330. The molecule has 24 heavy (non-hydrogen) atoms. The fourth-order valence-corrected chi connectivity index (χ4v) is 2.30. The lowest BCUT2D eigenvalue weighted by Crippen LogP contribution is -2.41. The number of esters is 2. The Labute approximate surface area is 142 Å². The molecule has 130 valence electrons. The maximum Gasteiger partial charge on any atom is 0.348 e. The summed E-state index contributed by atoms with van der Waals surface area (Å²) in [7, 11) is 0. The molecule has 0 N–H and O–H groups in total. The molecule has 1 heterocycles. The SMILES string of the molecule is CCCCCOCc1ccc(C=C2C(=O)OC(C)(C)OC2=O)cc1. The largest absolute Gasteiger partial charge is 0.419 e. The van der Waals surface area contributed by atoms with Crippen molar-refractivity contribution in [1.29, 1.82) is 0 Å². The zero-order chi connectivity index (χ0) is 17.6. The van der Waals surface area contributed by atoms with Crippen molar-refractivity contribution < 1.29 is 23.8 Å². The second-order valence-corrected chi connectivity index (χ2v) is 6.24. The van der Waals surface area contributed by atoms with Gasteiger partial charge in [0.05, 0.1) is 6.61 Å². The van der Waals surface area contributed by atoms with Gasteiger partial charge in [-0.05, 0) is 23.6 Å². The van der Waals surface area contributed by atoms with E-state index in [9.17, 15) is 9.59 Å². The van der Waals surface area contributed by atoms with Gasteiger partial charge < -0.3 is 14.2 Å². The Morgan fingerprint density at radius 1 is 1.04 bits per heavy atom. The van der Waals surface area contributed by atoms with Crippen LogP contribution in [0.1, 0.15) is 51.2 Å². The van der Waals surface area contributed by atoms with Gasteiger partial charge in [-0.25, -0.2) is 9.59 Å². The number of hydrogen-bond acceptors (Lipinski definition) is 5. The van der Waals surface area contributed by atoms with E-state index in [2.05, 4.69) is 6.92 Å². The molecule has 1 aromatic rings. The number of unbranched alkanes of at least 4 members (excludes halogenated alkanes) is 2. The zero-order valence-corrected chi connectivity index (χ0v) is 14.5. The Kier molecular flexibility index (Phi) is 6.15. The molecule has 1 fully saturated rings. The Balaban J connectivity index is 1.96. The van der Waals surface area contributed by atoms with Crippen LogP contribution in [0.5, 0.6) is 0 Å². The van der Waals surface area contributed by atoms with E-state index < -0.39 is 17.7 Å². The van der Waals surface area contributed by atoms with Crippen molar-refractivity contribution in [3.63, 3.8) is 0 Å². The summed E-state index contributed by atoms with van der Waals surface area (Å²) >= 11 is 0. The molecule has 0 unspecified atom stereocenters. The van der Waals surface area contributed by atoms with E-state index in [0.29, 0.717) is 6.61 Å². The number of benzene rings is 1. The first kappa shape index (κ1) is 18.2. The summed E-state index contributed by atoms with van der Waals surface area (Å²) in [6, 6.07) is 7.49. The van der Waals surface area contributed by atoms with E-state index in [1.807, 2.05) is 24.3 Å². The Hall–Kier alpha value is -2.14. The van der Waals surface area contributed by atoms with Crippen LogP contribution in [0.25, 0.3) is 6.08 Å². The first-order chi connectivity index (χ1) is 11.4. The molecule has 0 atom stereocenters. The second-order valence-electron chi connectivity index (χ2n) is 6.24. The molecule has 0 amide bonds. The molecule has 0 aromatic heterocycles. The minimum Gasteiger partial charge on any atom is -0.419 e. The molecular weight excluding hydrogens is 308 g/mol. The van der Waals surface area contributed by atoms with Gasteiger partial charge in [-0.2, -0.15) is 0 Å². The highest BCUT2D eigenvalue weighted by molar-refractivity contribution is 6.18. The smallest absolute Gasteiger partial charge is 0.348 e.